The van der Waals surface area contributed by atoms with Crippen LogP contribution in [-0.2, 0) is 9.59 Å². The summed E-state index contributed by atoms with van der Waals surface area (Å²) in [5, 5.41) is 5.56. The SMILES string of the molecule is CC(=O)NCCCNC(=O)/C=C(/c1ccc(C)cc1)C(C)C. The highest BCUT2D eigenvalue weighted by atomic mass is 16.2. The first-order valence-electron chi connectivity index (χ1n) is 7.71. The summed E-state index contributed by atoms with van der Waals surface area (Å²) in [6.07, 6.45) is 2.40. The Kier molecular flexibility index (Phi) is 7.37. The smallest absolute Gasteiger partial charge is 0.244 e. The van der Waals surface area contributed by atoms with Crippen LogP contribution in [-0.4, -0.2) is 24.9 Å². The number of allylic oxidation sites excluding steroid dienone is 1. The summed E-state index contributed by atoms with van der Waals surface area (Å²) in [5.41, 5.74) is 3.31. The van der Waals surface area contributed by atoms with Gasteiger partial charge in [-0.2, -0.15) is 0 Å². The molecule has 0 saturated carbocycles. The normalized spacial score (nSPS) is 11.4. The Morgan fingerprint density at radius 1 is 1.09 bits per heavy atom. The van der Waals surface area contributed by atoms with Gasteiger partial charge in [0.25, 0.3) is 0 Å². The first kappa shape index (κ1) is 18.0. The van der Waals surface area contributed by atoms with Crippen LogP contribution in [0.2, 0.25) is 0 Å². The van der Waals surface area contributed by atoms with E-state index in [1.54, 1.807) is 6.08 Å². The van der Waals surface area contributed by atoms with Crippen molar-refractivity contribution in [2.24, 2.45) is 5.92 Å². The molecule has 0 aliphatic rings. The highest BCUT2D eigenvalue weighted by Crippen LogP contribution is 2.23. The first-order chi connectivity index (χ1) is 10.4. The standard InChI is InChI=1S/C18H26N2O2/c1-13(2)17(16-8-6-14(3)7-9-16)12-18(22)20-11-5-10-19-15(4)21/h6-9,12-13H,5,10-11H2,1-4H3,(H,19,21)(H,20,22)/b17-12+. The van der Waals surface area contributed by atoms with E-state index in [1.807, 2.05) is 19.1 Å². The first-order valence-corrected chi connectivity index (χ1v) is 7.71. The number of rotatable bonds is 7. The van der Waals surface area contributed by atoms with Gasteiger partial charge in [-0.3, -0.25) is 9.59 Å². The fourth-order valence-electron chi connectivity index (χ4n) is 2.09. The van der Waals surface area contributed by atoms with E-state index in [9.17, 15) is 9.59 Å². The molecule has 0 unspecified atom stereocenters. The number of carbonyl (C=O) groups is 2. The lowest BCUT2D eigenvalue weighted by molar-refractivity contribution is -0.119. The third kappa shape index (κ3) is 6.57. The van der Waals surface area contributed by atoms with E-state index in [-0.39, 0.29) is 17.7 Å². The second kappa shape index (κ2) is 9.03. The molecule has 0 aliphatic carbocycles. The third-order valence-corrected chi connectivity index (χ3v) is 3.32. The van der Waals surface area contributed by atoms with Gasteiger partial charge in [0.05, 0.1) is 0 Å². The Bertz CT molecular complexity index is 531. The molecule has 22 heavy (non-hydrogen) atoms. The van der Waals surface area contributed by atoms with Gasteiger partial charge in [-0.25, -0.2) is 0 Å². The van der Waals surface area contributed by atoms with E-state index in [0.717, 1.165) is 17.6 Å². The van der Waals surface area contributed by atoms with Crippen molar-refractivity contribution in [3.63, 3.8) is 0 Å². The molecule has 120 valence electrons. The van der Waals surface area contributed by atoms with Crippen LogP contribution < -0.4 is 10.6 Å². The summed E-state index contributed by atoms with van der Waals surface area (Å²) in [5.74, 6) is 0.132. The molecule has 0 spiro atoms. The largest absolute Gasteiger partial charge is 0.356 e. The minimum Gasteiger partial charge on any atom is -0.356 e. The molecule has 0 aromatic heterocycles. The van der Waals surface area contributed by atoms with Gasteiger partial charge in [-0.05, 0) is 30.4 Å². The predicted molar refractivity (Wildman–Crippen MR) is 90.3 cm³/mol. The number of carbonyl (C=O) groups excluding carboxylic acids is 2. The van der Waals surface area contributed by atoms with Crippen LogP contribution in [0.3, 0.4) is 0 Å². The van der Waals surface area contributed by atoms with E-state index in [4.69, 9.17) is 0 Å². The fraction of sp³-hybridized carbons (Fsp3) is 0.444. The van der Waals surface area contributed by atoms with Crippen LogP contribution in [0.1, 0.15) is 38.3 Å². The molecule has 4 heteroatoms. The van der Waals surface area contributed by atoms with Crippen molar-refractivity contribution in [2.75, 3.05) is 13.1 Å². The zero-order chi connectivity index (χ0) is 16.5. The molecule has 0 radical (unpaired) electrons. The lowest BCUT2D eigenvalue weighted by Crippen LogP contribution is -2.28. The molecule has 0 fully saturated rings. The molecular formula is C18H26N2O2. The van der Waals surface area contributed by atoms with Gasteiger partial charge in [0.2, 0.25) is 11.8 Å². The lowest BCUT2D eigenvalue weighted by Gasteiger charge is -2.12. The van der Waals surface area contributed by atoms with E-state index in [2.05, 4.69) is 36.6 Å². The van der Waals surface area contributed by atoms with Gasteiger partial charge in [0.15, 0.2) is 0 Å². The summed E-state index contributed by atoms with van der Waals surface area (Å²) in [6.45, 7) is 8.82. The maximum Gasteiger partial charge on any atom is 0.244 e. The molecule has 0 heterocycles. The summed E-state index contributed by atoms with van der Waals surface area (Å²) in [6, 6.07) is 8.20. The zero-order valence-corrected chi connectivity index (χ0v) is 13.9. The van der Waals surface area contributed by atoms with Gasteiger partial charge in [0.1, 0.15) is 0 Å². The van der Waals surface area contributed by atoms with Crippen molar-refractivity contribution >= 4 is 17.4 Å². The average Bonchev–Trinajstić information content (AvgIpc) is 2.45. The van der Waals surface area contributed by atoms with Crippen molar-refractivity contribution in [3.05, 3.63) is 41.5 Å². The Balaban J connectivity index is 2.59. The Morgan fingerprint density at radius 2 is 1.68 bits per heavy atom. The maximum atomic E-state index is 12.0. The van der Waals surface area contributed by atoms with Crippen LogP contribution in [0.5, 0.6) is 0 Å². The topological polar surface area (TPSA) is 58.2 Å². The number of hydrogen-bond donors (Lipinski definition) is 2. The van der Waals surface area contributed by atoms with Crippen LogP contribution in [0, 0.1) is 12.8 Å². The highest BCUT2D eigenvalue weighted by molar-refractivity contribution is 5.95. The molecular weight excluding hydrogens is 276 g/mol. The van der Waals surface area contributed by atoms with Gasteiger partial charge >= 0.3 is 0 Å². The Hall–Kier alpha value is -2.10. The second-order valence-electron chi connectivity index (χ2n) is 5.75. The highest BCUT2D eigenvalue weighted by Gasteiger charge is 2.09. The molecule has 0 aliphatic heterocycles. The van der Waals surface area contributed by atoms with Crippen LogP contribution in [0.4, 0.5) is 0 Å². The number of amides is 2. The van der Waals surface area contributed by atoms with Crippen molar-refractivity contribution in [1.29, 1.82) is 0 Å². The predicted octanol–water partition coefficient (Wildman–Crippen LogP) is 2.68. The van der Waals surface area contributed by atoms with Gasteiger partial charge in [-0.1, -0.05) is 43.7 Å². The van der Waals surface area contributed by atoms with Gasteiger partial charge in [0, 0.05) is 26.1 Å². The summed E-state index contributed by atoms with van der Waals surface area (Å²) in [7, 11) is 0. The molecule has 0 atom stereocenters. The van der Waals surface area contributed by atoms with Crippen molar-refractivity contribution in [2.45, 2.75) is 34.1 Å². The summed E-state index contributed by atoms with van der Waals surface area (Å²) in [4.78, 5) is 22.8. The van der Waals surface area contributed by atoms with Gasteiger partial charge < -0.3 is 10.6 Å². The number of aryl methyl sites for hydroxylation is 1. The molecule has 1 aromatic carbocycles. The maximum absolute atomic E-state index is 12.0. The van der Waals surface area contributed by atoms with Crippen LogP contribution in [0.25, 0.3) is 5.57 Å². The third-order valence-electron chi connectivity index (χ3n) is 3.32. The molecule has 2 amide bonds. The number of nitrogens with one attached hydrogen (secondary N) is 2. The van der Waals surface area contributed by atoms with E-state index < -0.39 is 0 Å². The lowest BCUT2D eigenvalue weighted by atomic mass is 9.94. The minimum atomic E-state index is -0.0906. The summed E-state index contributed by atoms with van der Waals surface area (Å²) < 4.78 is 0. The molecule has 1 aromatic rings. The molecule has 1 rings (SSSR count). The number of benzene rings is 1. The quantitative estimate of drug-likeness (QED) is 0.601. The van der Waals surface area contributed by atoms with Crippen molar-refractivity contribution < 1.29 is 9.59 Å². The van der Waals surface area contributed by atoms with E-state index >= 15 is 0 Å². The average molecular weight is 302 g/mol. The fourth-order valence-corrected chi connectivity index (χ4v) is 2.09. The van der Waals surface area contributed by atoms with Crippen molar-refractivity contribution in [1.82, 2.24) is 10.6 Å². The Labute approximate surface area is 133 Å². The molecule has 2 N–H and O–H groups in total. The van der Waals surface area contributed by atoms with Crippen LogP contribution >= 0.6 is 0 Å². The Morgan fingerprint density at radius 3 is 2.23 bits per heavy atom. The summed E-state index contributed by atoms with van der Waals surface area (Å²) >= 11 is 0. The molecule has 0 saturated heterocycles. The second-order valence-corrected chi connectivity index (χ2v) is 5.75. The monoisotopic (exact) mass is 302 g/mol. The van der Waals surface area contributed by atoms with Crippen LogP contribution in [0.15, 0.2) is 30.3 Å². The van der Waals surface area contributed by atoms with Gasteiger partial charge in [-0.15, -0.1) is 0 Å². The van der Waals surface area contributed by atoms with E-state index in [1.165, 1.54) is 12.5 Å². The van der Waals surface area contributed by atoms with E-state index in [0.29, 0.717) is 13.1 Å². The number of hydrogen-bond acceptors (Lipinski definition) is 2. The molecule has 4 nitrogen and oxygen atoms in total. The molecule has 0 bridgehead atoms. The minimum absolute atomic E-state index is 0.0484. The van der Waals surface area contributed by atoms with Crippen molar-refractivity contribution in [3.8, 4) is 0 Å². The zero-order valence-electron chi connectivity index (χ0n) is 13.9.